The summed E-state index contributed by atoms with van der Waals surface area (Å²) in [6, 6.07) is 2.87. The van der Waals surface area contributed by atoms with E-state index in [0.29, 0.717) is 32.5 Å². The van der Waals surface area contributed by atoms with Gasteiger partial charge in [0.05, 0.1) is 11.5 Å². The van der Waals surface area contributed by atoms with Crippen LogP contribution in [-0.4, -0.2) is 68.7 Å². The number of rotatable bonds is 7. The van der Waals surface area contributed by atoms with Gasteiger partial charge in [-0.1, -0.05) is 23.2 Å². The summed E-state index contributed by atoms with van der Waals surface area (Å²) in [4.78, 5) is 26.2. The zero-order chi connectivity index (χ0) is 21.2. The van der Waals surface area contributed by atoms with Gasteiger partial charge in [-0.3, -0.25) is 4.79 Å². The number of hydrogen-bond donors (Lipinski definition) is 0. The first-order chi connectivity index (χ1) is 13.8. The van der Waals surface area contributed by atoms with E-state index in [1.54, 1.807) is 12.0 Å². The second-order valence-electron chi connectivity index (χ2n) is 7.39. The van der Waals surface area contributed by atoms with Crippen LogP contribution in [0, 0.1) is 5.92 Å². The Labute approximate surface area is 180 Å². The van der Waals surface area contributed by atoms with Crippen LogP contribution in [0.4, 0.5) is 0 Å². The van der Waals surface area contributed by atoms with Crippen LogP contribution < -0.4 is 0 Å². The number of piperidine rings is 1. The topological polar surface area (TPSA) is 84.0 Å². The highest BCUT2D eigenvalue weighted by Gasteiger charge is 2.49. The molecule has 2 bridgehead atoms. The van der Waals surface area contributed by atoms with E-state index in [1.807, 2.05) is 0 Å². The lowest BCUT2D eigenvalue weighted by molar-refractivity contribution is -0.135. The number of nitrogens with zero attached hydrogens (tertiary/aromatic N) is 2. The van der Waals surface area contributed by atoms with Gasteiger partial charge in [0.25, 0.3) is 0 Å². The third kappa shape index (κ3) is 4.61. The highest BCUT2D eigenvalue weighted by molar-refractivity contribution is 7.89. The largest absolute Gasteiger partial charge is 0.383 e. The summed E-state index contributed by atoms with van der Waals surface area (Å²) in [7, 11) is -2.50. The van der Waals surface area contributed by atoms with Crippen molar-refractivity contribution in [3.8, 4) is 0 Å². The summed E-state index contributed by atoms with van der Waals surface area (Å²) in [5.41, 5.74) is 0. The average molecular weight is 463 g/mol. The SMILES string of the molecule is COCCN1C[C@H](CC=O)[C@@H]2CCCC(C1=O)N2S(=O)(=O)c1cc(Cl)cc(Cl)c1. The molecule has 3 atom stereocenters. The van der Waals surface area contributed by atoms with Crippen LogP contribution in [-0.2, 0) is 24.3 Å². The van der Waals surface area contributed by atoms with Gasteiger partial charge in [0, 0.05) is 42.7 Å². The highest BCUT2D eigenvalue weighted by atomic mass is 35.5. The Morgan fingerprint density at radius 1 is 1.21 bits per heavy atom. The molecule has 2 aliphatic heterocycles. The minimum Gasteiger partial charge on any atom is -0.383 e. The molecule has 160 valence electrons. The minimum absolute atomic E-state index is 0.0464. The number of halogens is 2. The molecule has 0 aromatic heterocycles. The Morgan fingerprint density at radius 3 is 2.52 bits per heavy atom. The number of carbonyl (C=O) groups is 2. The van der Waals surface area contributed by atoms with Gasteiger partial charge in [-0.2, -0.15) is 4.31 Å². The average Bonchev–Trinajstić information content (AvgIpc) is 2.74. The van der Waals surface area contributed by atoms with Crippen molar-refractivity contribution < 1.29 is 22.7 Å². The van der Waals surface area contributed by atoms with Crippen LogP contribution in [0.3, 0.4) is 0 Å². The number of carbonyl (C=O) groups excluding carboxylic acids is 2. The fourth-order valence-electron chi connectivity index (χ4n) is 4.29. The second-order valence-corrected chi connectivity index (χ2v) is 10.1. The summed E-state index contributed by atoms with van der Waals surface area (Å²) >= 11 is 12.1. The number of aldehydes is 1. The van der Waals surface area contributed by atoms with E-state index < -0.39 is 22.1 Å². The number of amides is 1. The molecular formula is C19H24Cl2N2O5S. The maximum atomic E-state index is 13.6. The molecule has 0 saturated carbocycles. The van der Waals surface area contributed by atoms with Crippen LogP contribution in [0.5, 0.6) is 0 Å². The van der Waals surface area contributed by atoms with E-state index in [0.717, 1.165) is 12.7 Å². The van der Waals surface area contributed by atoms with Gasteiger partial charge in [0.15, 0.2) is 0 Å². The van der Waals surface area contributed by atoms with E-state index in [4.69, 9.17) is 27.9 Å². The van der Waals surface area contributed by atoms with Crippen LogP contribution in [0.2, 0.25) is 10.0 Å². The number of ether oxygens (including phenoxy) is 1. The predicted molar refractivity (Wildman–Crippen MR) is 110 cm³/mol. The molecule has 1 amide bonds. The van der Waals surface area contributed by atoms with Gasteiger partial charge >= 0.3 is 0 Å². The number of benzene rings is 1. The van der Waals surface area contributed by atoms with Crippen molar-refractivity contribution in [2.24, 2.45) is 5.92 Å². The summed E-state index contributed by atoms with van der Waals surface area (Å²) in [6.45, 7) is 1.02. The lowest BCUT2D eigenvalue weighted by Crippen LogP contribution is -2.54. The van der Waals surface area contributed by atoms with Gasteiger partial charge in [0.2, 0.25) is 15.9 Å². The summed E-state index contributed by atoms with van der Waals surface area (Å²) in [5, 5.41) is 0.405. The molecule has 0 spiro atoms. The van der Waals surface area contributed by atoms with Gasteiger partial charge in [-0.25, -0.2) is 8.42 Å². The van der Waals surface area contributed by atoms with Crippen molar-refractivity contribution >= 4 is 45.4 Å². The van der Waals surface area contributed by atoms with E-state index in [2.05, 4.69) is 0 Å². The molecule has 0 radical (unpaired) electrons. The molecule has 2 aliphatic rings. The smallest absolute Gasteiger partial charge is 0.244 e. The fraction of sp³-hybridized carbons (Fsp3) is 0.579. The monoisotopic (exact) mass is 462 g/mol. The van der Waals surface area contributed by atoms with Crippen molar-refractivity contribution in [3.05, 3.63) is 28.2 Å². The molecule has 2 fully saturated rings. The Kier molecular flexibility index (Phi) is 7.22. The first-order valence-corrected chi connectivity index (χ1v) is 11.7. The second kappa shape index (κ2) is 9.31. The van der Waals surface area contributed by atoms with Crippen LogP contribution in [0.1, 0.15) is 25.7 Å². The Morgan fingerprint density at radius 2 is 1.90 bits per heavy atom. The van der Waals surface area contributed by atoms with Crippen molar-refractivity contribution in [1.29, 1.82) is 0 Å². The molecule has 10 heteroatoms. The molecule has 7 nitrogen and oxygen atoms in total. The van der Waals surface area contributed by atoms with Gasteiger partial charge in [0.1, 0.15) is 12.3 Å². The number of methoxy groups -OCH3 is 1. The maximum Gasteiger partial charge on any atom is 0.244 e. The first kappa shape index (κ1) is 22.5. The van der Waals surface area contributed by atoms with Crippen LogP contribution in [0.25, 0.3) is 0 Å². The molecule has 2 saturated heterocycles. The summed E-state index contributed by atoms with van der Waals surface area (Å²) in [6.07, 6.45) is 2.71. The van der Waals surface area contributed by atoms with E-state index >= 15 is 0 Å². The molecule has 2 heterocycles. The van der Waals surface area contributed by atoms with E-state index in [1.165, 1.54) is 22.5 Å². The van der Waals surface area contributed by atoms with Crippen molar-refractivity contribution in [2.45, 2.75) is 42.7 Å². The van der Waals surface area contributed by atoms with Crippen LogP contribution >= 0.6 is 23.2 Å². The van der Waals surface area contributed by atoms with Crippen molar-refractivity contribution in [2.75, 3.05) is 26.8 Å². The molecule has 1 aromatic carbocycles. The summed E-state index contributed by atoms with van der Waals surface area (Å²) in [5.74, 6) is -0.542. The fourth-order valence-corrected chi connectivity index (χ4v) is 6.91. The zero-order valence-corrected chi connectivity index (χ0v) is 18.4. The standard InChI is InChI=1S/C19H24Cl2N2O5S/c1-28-8-6-22-12-13(5-7-24)17-3-2-4-18(19(22)25)23(17)29(26,27)16-10-14(20)9-15(21)11-16/h7,9-11,13,17-18H,2-6,8,12H2,1H3/t13-,17-,18?/m0/s1. The van der Waals surface area contributed by atoms with E-state index in [9.17, 15) is 18.0 Å². The molecular weight excluding hydrogens is 439 g/mol. The molecule has 1 unspecified atom stereocenters. The first-order valence-electron chi connectivity index (χ1n) is 9.50. The summed E-state index contributed by atoms with van der Waals surface area (Å²) < 4.78 is 33.6. The Balaban J connectivity index is 2.08. The van der Waals surface area contributed by atoms with Crippen molar-refractivity contribution in [1.82, 2.24) is 9.21 Å². The van der Waals surface area contributed by atoms with Gasteiger partial charge in [-0.05, 0) is 43.4 Å². The normalized spacial score (nSPS) is 25.7. The zero-order valence-electron chi connectivity index (χ0n) is 16.1. The van der Waals surface area contributed by atoms with Crippen LogP contribution in [0.15, 0.2) is 23.1 Å². The highest BCUT2D eigenvalue weighted by Crippen LogP contribution is 2.38. The quantitative estimate of drug-likeness (QED) is 0.581. The van der Waals surface area contributed by atoms with E-state index in [-0.39, 0.29) is 33.2 Å². The predicted octanol–water partition coefficient (Wildman–Crippen LogP) is 2.60. The lowest BCUT2D eigenvalue weighted by Gasteiger charge is -2.40. The van der Waals surface area contributed by atoms with Gasteiger partial charge in [-0.15, -0.1) is 0 Å². The molecule has 0 aliphatic carbocycles. The Bertz CT molecular complexity index is 859. The van der Waals surface area contributed by atoms with Gasteiger partial charge < -0.3 is 14.4 Å². The number of fused-ring (bicyclic) bond motifs is 2. The Hall–Kier alpha value is -1.19. The third-order valence-corrected chi connectivity index (χ3v) is 7.93. The number of sulfonamides is 1. The molecule has 3 rings (SSSR count). The lowest BCUT2D eigenvalue weighted by atomic mass is 9.89. The number of hydrogen-bond acceptors (Lipinski definition) is 5. The molecule has 0 N–H and O–H groups in total. The minimum atomic E-state index is -4.05. The van der Waals surface area contributed by atoms with Crippen molar-refractivity contribution in [3.63, 3.8) is 0 Å². The maximum absolute atomic E-state index is 13.6. The molecule has 1 aromatic rings. The molecule has 29 heavy (non-hydrogen) atoms. The third-order valence-electron chi connectivity index (χ3n) is 5.58.